The molecule has 0 spiro atoms. The van der Waals surface area contributed by atoms with Gasteiger partial charge in [-0.15, -0.1) is 0 Å². The van der Waals surface area contributed by atoms with Crippen LogP contribution < -0.4 is 0 Å². The quantitative estimate of drug-likeness (QED) is 0.701. The van der Waals surface area contributed by atoms with Gasteiger partial charge in [0.15, 0.2) is 0 Å². The minimum atomic E-state index is 0.200. The highest BCUT2D eigenvalue weighted by atomic mass is 35.5. The molecule has 6 nitrogen and oxygen atoms in total. The van der Waals surface area contributed by atoms with Gasteiger partial charge in [-0.05, 0) is 24.6 Å². The van der Waals surface area contributed by atoms with Crippen LogP contribution in [0.3, 0.4) is 0 Å². The van der Waals surface area contributed by atoms with Crippen LogP contribution in [0.2, 0.25) is 5.02 Å². The van der Waals surface area contributed by atoms with E-state index in [4.69, 9.17) is 26.6 Å². The molecule has 0 saturated carbocycles. The maximum absolute atomic E-state index is 8.99. The van der Waals surface area contributed by atoms with Crippen molar-refractivity contribution in [3.05, 3.63) is 40.7 Å². The first-order chi connectivity index (χ1) is 12.2. The summed E-state index contributed by atoms with van der Waals surface area (Å²) < 4.78 is 5.23. The molecular formula is C18H18ClN5O. The summed E-state index contributed by atoms with van der Waals surface area (Å²) in [6.07, 6.45) is 4.26. The fourth-order valence-corrected chi connectivity index (χ4v) is 2.04. The Bertz CT molecular complexity index is 840. The van der Waals surface area contributed by atoms with Gasteiger partial charge in [0, 0.05) is 16.8 Å². The molecule has 0 aliphatic carbocycles. The fraction of sp³-hybridized carbons (Fsp3) is 0.278. The van der Waals surface area contributed by atoms with Crippen LogP contribution in [0.1, 0.15) is 45.0 Å². The highest BCUT2D eigenvalue weighted by Gasteiger charge is 2.13. The molecule has 128 valence electrons. The number of allylic oxidation sites excluding steroid dienone is 1. The van der Waals surface area contributed by atoms with Crippen LogP contribution in [-0.2, 0) is 0 Å². The number of nitriles is 2. The maximum Gasteiger partial charge on any atom is 0.258 e. The SMILES string of the molecule is CC.CC/C=C(\N=CCC#N)c1noc(-c2cc(Cl)cc(C#N)c2)n1. The number of nitrogens with zero attached hydrogens (tertiary/aromatic N) is 5. The third-order valence-corrected chi connectivity index (χ3v) is 2.96. The third kappa shape index (κ3) is 5.87. The molecule has 0 fully saturated rings. The van der Waals surface area contributed by atoms with Gasteiger partial charge in [-0.1, -0.05) is 43.6 Å². The predicted molar refractivity (Wildman–Crippen MR) is 97.8 cm³/mol. The van der Waals surface area contributed by atoms with E-state index < -0.39 is 0 Å². The van der Waals surface area contributed by atoms with Gasteiger partial charge in [0.1, 0.15) is 5.70 Å². The van der Waals surface area contributed by atoms with Crippen LogP contribution in [0.4, 0.5) is 0 Å². The lowest BCUT2D eigenvalue weighted by atomic mass is 10.1. The van der Waals surface area contributed by atoms with Gasteiger partial charge in [0.2, 0.25) is 5.82 Å². The average Bonchev–Trinajstić information content (AvgIpc) is 3.12. The van der Waals surface area contributed by atoms with E-state index in [0.717, 1.165) is 6.42 Å². The van der Waals surface area contributed by atoms with Gasteiger partial charge in [0.25, 0.3) is 5.89 Å². The van der Waals surface area contributed by atoms with Crippen molar-refractivity contribution in [2.75, 3.05) is 0 Å². The van der Waals surface area contributed by atoms with Gasteiger partial charge in [-0.2, -0.15) is 15.5 Å². The van der Waals surface area contributed by atoms with Crippen molar-refractivity contribution in [1.29, 1.82) is 10.5 Å². The van der Waals surface area contributed by atoms with Crippen molar-refractivity contribution in [3.8, 4) is 23.6 Å². The normalized spacial score (nSPS) is 10.7. The van der Waals surface area contributed by atoms with Gasteiger partial charge < -0.3 is 4.52 Å². The molecule has 25 heavy (non-hydrogen) atoms. The Kier molecular flexibility index (Phi) is 8.63. The Morgan fingerprint density at radius 3 is 2.72 bits per heavy atom. The van der Waals surface area contributed by atoms with Crippen LogP contribution >= 0.6 is 11.6 Å². The lowest BCUT2D eigenvalue weighted by Gasteiger charge is -1.97. The number of halogens is 1. The van der Waals surface area contributed by atoms with Crippen LogP contribution in [0.15, 0.2) is 33.8 Å². The molecule has 2 rings (SSSR count). The van der Waals surface area contributed by atoms with Gasteiger partial charge in [0.05, 0.1) is 24.1 Å². The molecule has 1 heterocycles. The zero-order chi connectivity index (χ0) is 18.7. The molecule has 0 atom stereocenters. The molecule has 1 aromatic carbocycles. The highest BCUT2D eigenvalue weighted by Crippen LogP contribution is 2.25. The van der Waals surface area contributed by atoms with Crippen molar-refractivity contribution in [2.24, 2.45) is 4.99 Å². The van der Waals surface area contributed by atoms with E-state index in [2.05, 4.69) is 15.1 Å². The summed E-state index contributed by atoms with van der Waals surface area (Å²) in [5.74, 6) is 0.561. The standard InChI is InChI=1S/C16H12ClN5O.C2H6/c1-2-4-14(20-6-3-5-18)15-21-16(23-22-15)12-7-11(10-19)8-13(17)9-12;1-2/h4,6-9H,2-3H2,1H3;1-2H3/b14-4-,20-6?;. The highest BCUT2D eigenvalue weighted by molar-refractivity contribution is 6.31. The molecule has 1 aromatic heterocycles. The van der Waals surface area contributed by atoms with Crippen LogP contribution in [-0.4, -0.2) is 16.4 Å². The van der Waals surface area contributed by atoms with Gasteiger partial charge in [-0.25, -0.2) is 0 Å². The molecular weight excluding hydrogens is 338 g/mol. The second-order valence-corrected chi connectivity index (χ2v) is 4.87. The van der Waals surface area contributed by atoms with E-state index in [-0.39, 0.29) is 12.3 Å². The number of rotatable bonds is 5. The number of aromatic nitrogens is 2. The van der Waals surface area contributed by atoms with E-state index >= 15 is 0 Å². The van der Waals surface area contributed by atoms with Crippen molar-refractivity contribution in [1.82, 2.24) is 10.1 Å². The summed E-state index contributed by atoms with van der Waals surface area (Å²) >= 11 is 5.98. The molecule has 0 unspecified atom stereocenters. The summed E-state index contributed by atoms with van der Waals surface area (Å²) in [5, 5.41) is 21.9. The Labute approximate surface area is 152 Å². The van der Waals surface area contributed by atoms with Gasteiger partial charge >= 0.3 is 0 Å². The van der Waals surface area contributed by atoms with Crippen molar-refractivity contribution in [3.63, 3.8) is 0 Å². The predicted octanol–water partition coefficient (Wildman–Crippen LogP) is 5.02. The number of hydrogen-bond acceptors (Lipinski definition) is 6. The monoisotopic (exact) mass is 355 g/mol. The van der Waals surface area contributed by atoms with E-state index in [1.54, 1.807) is 18.2 Å². The molecule has 2 aromatic rings. The summed E-state index contributed by atoms with van der Waals surface area (Å²) in [4.78, 5) is 8.47. The van der Waals surface area contributed by atoms with Crippen LogP contribution in [0.5, 0.6) is 0 Å². The fourth-order valence-electron chi connectivity index (χ4n) is 1.80. The Balaban J connectivity index is 0.00000151. The second kappa shape index (κ2) is 10.7. The van der Waals surface area contributed by atoms with E-state index in [0.29, 0.717) is 27.7 Å². The summed E-state index contributed by atoms with van der Waals surface area (Å²) in [6, 6.07) is 8.81. The minimum absolute atomic E-state index is 0.200. The number of aliphatic imine (C=N–C) groups is 1. The van der Waals surface area contributed by atoms with Crippen molar-refractivity contribution >= 4 is 23.5 Å². The van der Waals surface area contributed by atoms with Crippen LogP contribution in [0, 0.1) is 22.7 Å². The number of benzene rings is 1. The summed E-state index contributed by atoms with van der Waals surface area (Å²) in [6.45, 7) is 5.96. The van der Waals surface area contributed by atoms with Crippen molar-refractivity contribution < 1.29 is 4.52 Å². The molecule has 0 N–H and O–H groups in total. The lowest BCUT2D eigenvalue weighted by molar-refractivity contribution is 0.428. The first-order valence-corrected chi connectivity index (χ1v) is 8.20. The minimum Gasteiger partial charge on any atom is -0.334 e. The molecule has 0 bridgehead atoms. The molecule has 0 radical (unpaired) electrons. The van der Waals surface area contributed by atoms with Crippen molar-refractivity contribution in [2.45, 2.75) is 33.6 Å². The van der Waals surface area contributed by atoms with E-state index in [1.165, 1.54) is 6.21 Å². The zero-order valence-corrected chi connectivity index (χ0v) is 15.1. The second-order valence-electron chi connectivity index (χ2n) is 4.44. The first kappa shape index (κ1) is 20.1. The molecule has 0 aliphatic heterocycles. The molecule has 7 heteroatoms. The number of hydrogen-bond donors (Lipinski definition) is 0. The average molecular weight is 356 g/mol. The molecule has 0 amide bonds. The topological polar surface area (TPSA) is 98.9 Å². The first-order valence-electron chi connectivity index (χ1n) is 7.82. The maximum atomic E-state index is 8.99. The van der Waals surface area contributed by atoms with Gasteiger partial charge in [-0.3, -0.25) is 4.99 Å². The molecule has 0 aliphatic rings. The lowest BCUT2D eigenvalue weighted by Crippen LogP contribution is -1.87. The largest absolute Gasteiger partial charge is 0.334 e. The third-order valence-electron chi connectivity index (χ3n) is 2.74. The Morgan fingerprint density at radius 1 is 1.32 bits per heavy atom. The smallest absolute Gasteiger partial charge is 0.258 e. The summed E-state index contributed by atoms with van der Waals surface area (Å²) in [5.41, 5.74) is 1.49. The van der Waals surface area contributed by atoms with Crippen LogP contribution in [0.25, 0.3) is 17.2 Å². The summed E-state index contributed by atoms with van der Waals surface area (Å²) in [7, 11) is 0. The Hall–Kier alpha value is -2.96. The zero-order valence-electron chi connectivity index (χ0n) is 14.3. The Morgan fingerprint density at radius 2 is 2.08 bits per heavy atom. The van der Waals surface area contributed by atoms with E-state index in [1.807, 2.05) is 39.0 Å². The van der Waals surface area contributed by atoms with E-state index in [9.17, 15) is 0 Å². The molecule has 0 saturated heterocycles.